The lowest BCUT2D eigenvalue weighted by Crippen LogP contribution is -2.29. The summed E-state index contributed by atoms with van der Waals surface area (Å²) in [6.45, 7) is 2.84. The van der Waals surface area contributed by atoms with Gasteiger partial charge in [-0.05, 0) is 23.8 Å². The van der Waals surface area contributed by atoms with Crippen LogP contribution in [0.1, 0.15) is 30.1 Å². The van der Waals surface area contributed by atoms with Crippen LogP contribution in [0.15, 0.2) is 16.8 Å². The number of halogens is 1. The Hall–Kier alpha value is -0.540. The third-order valence-corrected chi connectivity index (χ3v) is 3.33. The summed E-state index contributed by atoms with van der Waals surface area (Å²) in [6, 6.07) is 1.84. The second-order valence-electron chi connectivity index (χ2n) is 3.47. The minimum atomic E-state index is 0.0178. The zero-order valence-corrected chi connectivity index (χ0v) is 10.4. The van der Waals surface area contributed by atoms with E-state index < -0.39 is 0 Å². The number of rotatable bonds is 6. The molecule has 0 fully saturated rings. The lowest BCUT2D eigenvalue weighted by atomic mass is 10.0. The summed E-state index contributed by atoms with van der Waals surface area (Å²) in [7, 11) is 0. The number of carbonyl (C=O) groups is 1. The zero-order valence-electron chi connectivity index (χ0n) is 8.83. The lowest BCUT2D eigenvalue weighted by molar-refractivity contribution is 0.0947. The molecule has 0 aliphatic rings. The van der Waals surface area contributed by atoms with Crippen LogP contribution in [-0.2, 0) is 0 Å². The summed E-state index contributed by atoms with van der Waals surface area (Å²) < 4.78 is 0. The highest BCUT2D eigenvalue weighted by atomic mass is 35.5. The second kappa shape index (κ2) is 6.85. The predicted octanol–water partition coefficient (Wildman–Crippen LogP) is 3.13. The van der Waals surface area contributed by atoms with Crippen LogP contribution >= 0.6 is 22.9 Å². The Morgan fingerprint density at radius 1 is 1.67 bits per heavy atom. The molecule has 1 N–H and O–H groups in total. The van der Waals surface area contributed by atoms with E-state index in [1.165, 1.54) is 11.3 Å². The molecule has 0 saturated carbocycles. The smallest absolute Gasteiger partial charge is 0.252 e. The van der Waals surface area contributed by atoms with Gasteiger partial charge in [0, 0.05) is 23.4 Å². The van der Waals surface area contributed by atoms with Crippen molar-refractivity contribution in [2.75, 3.05) is 12.4 Å². The van der Waals surface area contributed by atoms with Gasteiger partial charge in [-0.1, -0.05) is 13.3 Å². The monoisotopic (exact) mass is 245 g/mol. The second-order valence-corrected chi connectivity index (χ2v) is 4.63. The molecule has 1 atom stereocenters. The lowest BCUT2D eigenvalue weighted by Gasteiger charge is -2.13. The third-order valence-electron chi connectivity index (χ3n) is 2.43. The average Bonchev–Trinajstić information content (AvgIpc) is 2.77. The third kappa shape index (κ3) is 4.22. The molecule has 1 aromatic heterocycles. The van der Waals surface area contributed by atoms with Gasteiger partial charge in [-0.15, -0.1) is 11.6 Å². The molecule has 1 aromatic rings. The number of amides is 1. The van der Waals surface area contributed by atoms with Crippen molar-refractivity contribution in [3.63, 3.8) is 0 Å². The molecule has 1 amide bonds. The van der Waals surface area contributed by atoms with Crippen LogP contribution in [0.2, 0.25) is 0 Å². The first-order valence-electron chi connectivity index (χ1n) is 5.14. The summed E-state index contributed by atoms with van der Waals surface area (Å²) in [5.74, 6) is 1.17. The molecule has 0 aliphatic heterocycles. The van der Waals surface area contributed by atoms with Crippen LogP contribution in [0.3, 0.4) is 0 Å². The Labute approximate surface area is 99.6 Å². The Morgan fingerprint density at radius 2 is 2.47 bits per heavy atom. The Kier molecular flexibility index (Phi) is 5.73. The first-order chi connectivity index (χ1) is 7.27. The van der Waals surface area contributed by atoms with Gasteiger partial charge in [0.2, 0.25) is 0 Å². The van der Waals surface area contributed by atoms with Crippen molar-refractivity contribution >= 4 is 28.8 Å². The van der Waals surface area contributed by atoms with Crippen LogP contribution in [0.25, 0.3) is 0 Å². The maximum absolute atomic E-state index is 11.6. The van der Waals surface area contributed by atoms with Gasteiger partial charge < -0.3 is 5.32 Å². The van der Waals surface area contributed by atoms with Crippen molar-refractivity contribution in [2.45, 2.75) is 19.8 Å². The van der Waals surface area contributed by atoms with Crippen LogP contribution in [0, 0.1) is 5.92 Å². The molecule has 0 spiro atoms. The predicted molar refractivity (Wildman–Crippen MR) is 65.8 cm³/mol. The molecule has 1 unspecified atom stereocenters. The van der Waals surface area contributed by atoms with Crippen LogP contribution in [0.5, 0.6) is 0 Å². The Morgan fingerprint density at radius 3 is 3.00 bits per heavy atom. The van der Waals surface area contributed by atoms with Crippen molar-refractivity contribution in [1.29, 1.82) is 0 Å². The number of nitrogens with one attached hydrogen (secondary N) is 1. The van der Waals surface area contributed by atoms with E-state index in [4.69, 9.17) is 11.6 Å². The van der Waals surface area contributed by atoms with Gasteiger partial charge in [0.25, 0.3) is 5.91 Å². The summed E-state index contributed by atoms with van der Waals surface area (Å²) >= 11 is 7.22. The number of alkyl halides is 1. The fraction of sp³-hybridized carbons (Fsp3) is 0.545. The van der Waals surface area contributed by atoms with Crippen molar-refractivity contribution in [2.24, 2.45) is 5.92 Å². The number of thiophene rings is 1. The molecule has 0 bridgehead atoms. The van der Waals surface area contributed by atoms with Crippen LogP contribution in [0.4, 0.5) is 0 Å². The van der Waals surface area contributed by atoms with E-state index in [-0.39, 0.29) is 5.91 Å². The number of carbonyl (C=O) groups excluding carboxylic acids is 1. The molecular formula is C11H16ClNOS. The topological polar surface area (TPSA) is 29.1 Å². The Balaban J connectivity index is 2.33. The van der Waals surface area contributed by atoms with E-state index >= 15 is 0 Å². The van der Waals surface area contributed by atoms with Gasteiger partial charge >= 0.3 is 0 Å². The fourth-order valence-electron chi connectivity index (χ4n) is 1.34. The van der Waals surface area contributed by atoms with E-state index in [1.807, 2.05) is 16.8 Å². The highest BCUT2D eigenvalue weighted by Crippen LogP contribution is 2.09. The molecule has 15 heavy (non-hydrogen) atoms. The maximum Gasteiger partial charge on any atom is 0.252 e. The Bertz CT molecular complexity index is 287. The summed E-state index contributed by atoms with van der Waals surface area (Å²) in [4.78, 5) is 11.6. The minimum Gasteiger partial charge on any atom is -0.352 e. The van der Waals surface area contributed by atoms with Crippen molar-refractivity contribution in [3.05, 3.63) is 22.4 Å². The van der Waals surface area contributed by atoms with Gasteiger partial charge in [-0.3, -0.25) is 4.79 Å². The number of hydrogen-bond acceptors (Lipinski definition) is 2. The van der Waals surface area contributed by atoms with E-state index in [0.29, 0.717) is 11.8 Å². The molecule has 1 heterocycles. The fourth-order valence-corrected chi connectivity index (χ4v) is 2.28. The standard InChI is InChI=1S/C11H16ClNOS/c1-2-9(3-5-12)7-13-11(14)10-4-6-15-8-10/h4,6,8-9H,2-3,5,7H2,1H3,(H,13,14). The molecule has 2 nitrogen and oxygen atoms in total. The largest absolute Gasteiger partial charge is 0.352 e. The molecular weight excluding hydrogens is 230 g/mol. The van der Waals surface area contributed by atoms with Crippen molar-refractivity contribution in [3.8, 4) is 0 Å². The van der Waals surface area contributed by atoms with Crippen LogP contribution < -0.4 is 5.32 Å². The molecule has 0 saturated heterocycles. The van der Waals surface area contributed by atoms with Gasteiger partial charge in [0.15, 0.2) is 0 Å². The molecule has 0 radical (unpaired) electrons. The summed E-state index contributed by atoms with van der Waals surface area (Å²) in [5, 5.41) is 6.70. The summed E-state index contributed by atoms with van der Waals surface area (Å²) in [5.41, 5.74) is 0.751. The van der Waals surface area contributed by atoms with Crippen LogP contribution in [-0.4, -0.2) is 18.3 Å². The van der Waals surface area contributed by atoms with Gasteiger partial charge in [0.1, 0.15) is 0 Å². The van der Waals surface area contributed by atoms with E-state index in [2.05, 4.69) is 12.2 Å². The van der Waals surface area contributed by atoms with Gasteiger partial charge in [0.05, 0.1) is 0 Å². The quantitative estimate of drug-likeness (QED) is 0.767. The first-order valence-corrected chi connectivity index (χ1v) is 6.62. The highest BCUT2D eigenvalue weighted by molar-refractivity contribution is 7.08. The minimum absolute atomic E-state index is 0.0178. The van der Waals surface area contributed by atoms with Crippen molar-refractivity contribution in [1.82, 2.24) is 5.32 Å². The van der Waals surface area contributed by atoms with E-state index in [1.54, 1.807) is 0 Å². The molecule has 4 heteroatoms. The average molecular weight is 246 g/mol. The molecule has 0 aliphatic carbocycles. The maximum atomic E-state index is 11.6. The molecule has 0 aromatic carbocycles. The highest BCUT2D eigenvalue weighted by Gasteiger charge is 2.09. The molecule has 1 rings (SSSR count). The van der Waals surface area contributed by atoms with Gasteiger partial charge in [-0.2, -0.15) is 11.3 Å². The zero-order chi connectivity index (χ0) is 11.1. The van der Waals surface area contributed by atoms with E-state index in [0.717, 1.165) is 24.9 Å². The van der Waals surface area contributed by atoms with Gasteiger partial charge in [-0.25, -0.2) is 0 Å². The first kappa shape index (κ1) is 12.5. The summed E-state index contributed by atoms with van der Waals surface area (Å²) in [6.07, 6.45) is 2.01. The van der Waals surface area contributed by atoms with E-state index in [9.17, 15) is 4.79 Å². The van der Waals surface area contributed by atoms with Crippen molar-refractivity contribution < 1.29 is 4.79 Å². The normalized spacial score (nSPS) is 12.4. The molecule has 84 valence electrons. The SMILES string of the molecule is CCC(CCCl)CNC(=O)c1ccsc1. The number of hydrogen-bond donors (Lipinski definition) is 1.